The van der Waals surface area contributed by atoms with Gasteiger partial charge in [-0.1, -0.05) is 24.3 Å². The van der Waals surface area contributed by atoms with Gasteiger partial charge < -0.3 is 10.1 Å². The molecule has 1 fully saturated rings. The van der Waals surface area contributed by atoms with Crippen molar-refractivity contribution in [1.82, 2.24) is 5.32 Å². The highest BCUT2D eigenvalue weighted by atomic mass is 16.6. The predicted octanol–water partition coefficient (Wildman–Crippen LogP) is 2.28. The summed E-state index contributed by atoms with van der Waals surface area (Å²) in [4.78, 5) is 23.4. The van der Waals surface area contributed by atoms with E-state index < -0.39 is 11.0 Å². The van der Waals surface area contributed by atoms with E-state index >= 15 is 0 Å². The predicted molar refractivity (Wildman–Crippen MR) is 76.5 cm³/mol. The number of ether oxygens (including phenoxy) is 1. The fourth-order valence-electron chi connectivity index (χ4n) is 2.03. The molecule has 0 aliphatic carbocycles. The van der Waals surface area contributed by atoms with Gasteiger partial charge in [-0.3, -0.25) is 9.59 Å². The van der Waals surface area contributed by atoms with Gasteiger partial charge in [0.05, 0.1) is 5.41 Å². The van der Waals surface area contributed by atoms with E-state index in [-0.39, 0.29) is 11.8 Å². The van der Waals surface area contributed by atoms with E-state index in [0.717, 1.165) is 5.56 Å². The highest BCUT2D eigenvalue weighted by molar-refractivity contribution is 5.94. The fraction of sp³-hybridized carbons (Fsp3) is 0.500. The minimum absolute atomic E-state index is 0.0315. The molecule has 1 aliphatic rings. The van der Waals surface area contributed by atoms with Crippen molar-refractivity contribution < 1.29 is 14.3 Å². The number of hydrogen-bond donors (Lipinski definition) is 1. The maximum absolute atomic E-state index is 12.1. The lowest BCUT2D eigenvalue weighted by molar-refractivity contribution is -0.177. The molecule has 1 aromatic carbocycles. The molecule has 0 saturated carbocycles. The highest BCUT2D eigenvalue weighted by Crippen LogP contribution is 2.33. The van der Waals surface area contributed by atoms with E-state index in [1.165, 1.54) is 6.92 Å². The Morgan fingerprint density at radius 3 is 2.05 bits per heavy atom. The Morgan fingerprint density at radius 2 is 1.70 bits per heavy atom. The number of esters is 1. The first kappa shape index (κ1) is 14.7. The van der Waals surface area contributed by atoms with Crippen molar-refractivity contribution in [1.29, 1.82) is 0 Å². The molecule has 0 amide bonds. The average molecular weight is 275 g/mol. The Morgan fingerprint density at radius 1 is 1.15 bits per heavy atom. The number of nitrogens with one attached hydrogen (secondary N) is 1. The van der Waals surface area contributed by atoms with Crippen LogP contribution in [0.4, 0.5) is 0 Å². The molecule has 1 saturated heterocycles. The zero-order chi connectivity index (χ0) is 15.0. The molecule has 4 nitrogen and oxygen atoms in total. The van der Waals surface area contributed by atoms with E-state index in [1.54, 1.807) is 12.1 Å². The summed E-state index contributed by atoms with van der Waals surface area (Å²) in [6.45, 7) is 8.27. The van der Waals surface area contributed by atoms with Gasteiger partial charge in [-0.15, -0.1) is 0 Å². The minimum Gasteiger partial charge on any atom is -0.451 e. The summed E-state index contributed by atoms with van der Waals surface area (Å²) < 4.78 is 5.74. The second-order valence-electron chi connectivity index (χ2n) is 6.37. The lowest BCUT2D eigenvalue weighted by Gasteiger charge is -2.43. The molecule has 1 aromatic rings. The standard InChI is InChI=1S/C16H21NO3/c1-11(18)12-5-7-13(8-6-12)16(9-17-10-16)20-14(19)15(2,3)4/h5-8,17H,9-10H2,1-4H3. The zero-order valence-corrected chi connectivity index (χ0v) is 12.4. The van der Waals surface area contributed by atoms with Gasteiger partial charge in [-0.2, -0.15) is 0 Å². The lowest BCUT2D eigenvalue weighted by atomic mass is 9.86. The maximum atomic E-state index is 12.1. The molecule has 1 N–H and O–H groups in total. The third-order valence-electron chi connectivity index (χ3n) is 3.54. The number of carbonyl (C=O) groups is 2. The quantitative estimate of drug-likeness (QED) is 0.679. The van der Waals surface area contributed by atoms with Crippen LogP contribution in [0, 0.1) is 5.41 Å². The van der Waals surface area contributed by atoms with Crippen LogP contribution in [0.3, 0.4) is 0 Å². The van der Waals surface area contributed by atoms with Crippen molar-refractivity contribution in [2.45, 2.75) is 33.3 Å². The Hall–Kier alpha value is -1.68. The van der Waals surface area contributed by atoms with E-state index in [0.29, 0.717) is 18.7 Å². The number of Topliss-reactive ketones (excluding diaryl/α,β-unsaturated/α-hetero) is 1. The summed E-state index contributed by atoms with van der Waals surface area (Å²) in [5.41, 5.74) is 0.471. The topological polar surface area (TPSA) is 55.4 Å². The van der Waals surface area contributed by atoms with Gasteiger partial charge in [0, 0.05) is 18.7 Å². The van der Waals surface area contributed by atoms with Crippen LogP contribution in [-0.2, 0) is 15.1 Å². The van der Waals surface area contributed by atoms with Crippen LogP contribution in [-0.4, -0.2) is 24.8 Å². The van der Waals surface area contributed by atoms with Crippen LogP contribution in [0.2, 0.25) is 0 Å². The summed E-state index contributed by atoms with van der Waals surface area (Å²) in [6.07, 6.45) is 0. The largest absolute Gasteiger partial charge is 0.451 e. The Bertz CT molecular complexity index is 522. The Labute approximate surface area is 119 Å². The molecule has 20 heavy (non-hydrogen) atoms. The summed E-state index contributed by atoms with van der Waals surface area (Å²) >= 11 is 0. The Balaban J connectivity index is 2.23. The van der Waals surface area contributed by atoms with Crippen molar-refractivity contribution in [2.24, 2.45) is 5.41 Å². The van der Waals surface area contributed by atoms with E-state index in [1.807, 2.05) is 32.9 Å². The normalized spacial score (nSPS) is 17.2. The van der Waals surface area contributed by atoms with Crippen LogP contribution in [0.25, 0.3) is 0 Å². The van der Waals surface area contributed by atoms with Crippen molar-refractivity contribution in [2.75, 3.05) is 13.1 Å². The van der Waals surface area contributed by atoms with Crippen molar-refractivity contribution >= 4 is 11.8 Å². The molecular weight excluding hydrogens is 254 g/mol. The van der Waals surface area contributed by atoms with Gasteiger partial charge in [0.25, 0.3) is 0 Å². The molecule has 0 unspecified atom stereocenters. The molecule has 0 aromatic heterocycles. The first-order chi connectivity index (χ1) is 9.24. The number of carbonyl (C=O) groups excluding carboxylic acids is 2. The smallest absolute Gasteiger partial charge is 0.312 e. The number of benzene rings is 1. The molecule has 0 spiro atoms. The monoisotopic (exact) mass is 275 g/mol. The van der Waals surface area contributed by atoms with Crippen molar-refractivity contribution in [3.63, 3.8) is 0 Å². The molecule has 0 bridgehead atoms. The molecular formula is C16H21NO3. The average Bonchev–Trinajstić information content (AvgIpc) is 2.32. The van der Waals surface area contributed by atoms with Gasteiger partial charge in [0.1, 0.15) is 0 Å². The van der Waals surface area contributed by atoms with Gasteiger partial charge in [0.2, 0.25) is 0 Å². The van der Waals surface area contributed by atoms with Gasteiger partial charge in [0.15, 0.2) is 11.4 Å². The van der Waals surface area contributed by atoms with Gasteiger partial charge in [-0.25, -0.2) is 0 Å². The van der Waals surface area contributed by atoms with Gasteiger partial charge >= 0.3 is 5.97 Å². The first-order valence-corrected chi connectivity index (χ1v) is 6.80. The third-order valence-corrected chi connectivity index (χ3v) is 3.54. The third kappa shape index (κ3) is 2.75. The molecule has 1 aliphatic heterocycles. The molecule has 4 heteroatoms. The fourth-order valence-corrected chi connectivity index (χ4v) is 2.03. The first-order valence-electron chi connectivity index (χ1n) is 6.80. The second kappa shape index (κ2) is 5.02. The van der Waals surface area contributed by atoms with Crippen LogP contribution in [0.15, 0.2) is 24.3 Å². The van der Waals surface area contributed by atoms with Crippen molar-refractivity contribution in [3.05, 3.63) is 35.4 Å². The Kier molecular flexibility index (Phi) is 3.69. The van der Waals surface area contributed by atoms with E-state index in [2.05, 4.69) is 5.32 Å². The van der Waals surface area contributed by atoms with Crippen LogP contribution >= 0.6 is 0 Å². The van der Waals surface area contributed by atoms with Crippen LogP contribution in [0.1, 0.15) is 43.6 Å². The number of ketones is 1. The second-order valence-corrected chi connectivity index (χ2v) is 6.37. The van der Waals surface area contributed by atoms with E-state index in [4.69, 9.17) is 4.74 Å². The molecule has 2 rings (SSSR count). The van der Waals surface area contributed by atoms with E-state index in [9.17, 15) is 9.59 Å². The minimum atomic E-state index is -0.598. The molecule has 108 valence electrons. The number of hydrogen-bond acceptors (Lipinski definition) is 4. The summed E-state index contributed by atoms with van der Waals surface area (Å²) in [5, 5.41) is 3.15. The van der Waals surface area contributed by atoms with Crippen LogP contribution in [0.5, 0.6) is 0 Å². The SMILES string of the molecule is CC(=O)c1ccc(C2(OC(=O)C(C)(C)C)CNC2)cc1. The molecule has 1 heterocycles. The summed E-state index contributed by atoms with van der Waals surface area (Å²) in [6, 6.07) is 7.30. The number of rotatable bonds is 3. The summed E-state index contributed by atoms with van der Waals surface area (Å²) in [5.74, 6) is -0.182. The lowest BCUT2D eigenvalue weighted by Crippen LogP contribution is -2.60. The molecule has 0 atom stereocenters. The highest BCUT2D eigenvalue weighted by Gasteiger charge is 2.44. The maximum Gasteiger partial charge on any atom is 0.312 e. The van der Waals surface area contributed by atoms with Gasteiger partial charge in [-0.05, 0) is 33.3 Å². The van der Waals surface area contributed by atoms with Crippen molar-refractivity contribution in [3.8, 4) is 0 Å². The summed E-state index contributed by atoms with van der Waals surface area (Å²) in [7, 11) is 0. The zero-order valence-electron chi connectivity index (χ0n) is 12.4. The van der Waals surface area contributed by atoms with Crippen LogP contribution < -0.4 is 5.32 Å². The molecule has 0 radical (unpaired) electrons.